The van der Waals surface area contributed by atoms with Crippen LogP contribution in [0.25, 0.3) is 0 Å². The monoisotopic (exact) mass is 377 g/mol. The Morgan fingerprint density at radius 2 is 2.15 bits per heavy atom. The van der Waals surface area contributed by atoms with Gasteiger partial charge in [0.05, 0.1) is 4.92 Å². The molecule has 0 saturated heterocycles. The van der Waals surface area contributed by atoms with E-state index in [9.17, 15) is 14.9 Å². The Bertz CT molecular complexity index is 776. The molecular weight excluding hydrogens is 354 g/mol. The minimum Gasteiger partial charge on any atom is -0.352 e. The Morgan fingerprint density at radius 3 is 2.81 bits per heavy atom. The topological polar surface area (TPSA) is 103 Å². The number of thioether (sulfide) groups is 1. The minimum atomic E-state index is -0.512. The van der Waals surface area contributed by atoms with Crippen LogP contribution in [0.15, 0.2) is 29.4 Å². The van der Waals surface area contributed by atoms with Gasteiger partial charge >= 0.3 is 0 Å². The largest absolute Gasteiger partial charge is 0.352 e. The van der Waals surface area contributed by atoms with Crippen LogP contribution in [0.5, 0.6) is 0 Å². The fourth-order valence-electron chi connectivity index (χ4n) is 2.51. The van der Waals surface area contributed by atoms with Crippen molar-refractivity contribution in [2.24, 2.45) is 5.92 Å². The van der Waals surface area contributed by atoms with E-state index in [0.717, 1.165) is 17.5 Å². The van der Waals surface area contributed by atoms with Crippen LogP contribution in [-0.4, -0.2) is 38.4 Å². The van der Waals surface area contributed by atoms with E-state index in [1.165, 1.54) is 18.2 Å². The van der Waals surface area contributed by atoms with Crippen LogP contribution >= 0.6 is 11.8 Å². The molecule has 8 nitrogen and oxygen atoms in total. The van der Waals surface area contributed by atoms with Gasteiger partial charge in [0.1, 0.15) is 5.82 Å². The van der Waals surface area contributed by atoms with Crippen molar-refractivity contribution in [2.75, 3.05) is 12.8 Å². The molecule has 0 spiro atoms. The summed E-state index contributed by atoms with van der Waals surface area (Å²) in [6.07, 6.45) is 3.39. The molecule has 1 amide bonds. The molecule has 0 unspecified atom stereocenters. The summed E-state index contributed by atoms with van der Waals surface area (Å²) in [5.74, 6) is 1.08. The number of nitrogens with zero attached hydrogens (tertiary/aromatic N) is 4. The van der Waals surface area contributed by atoms with Gasteiger partial charge in [-0.15, -0.1) is 10.2 Å². The maximum absolute atomic E-state index is 12.1. The molecule has 0 radical (unpaired) electrons. The molecule has 0 aliphatic rings. The van der Waals surface area contributed by atoms with Gasteiger partial charge in [0.15, 0.2) is 5.16 Å². The number of carbonyl (C=O) groups is 1. The van der Waals surface area contributed by atoms with Gasteiger partial charge in [0, 0.05) is 37.2 Å². The molecule has 140 valence electrons. The zero-order valence-electron chi connectivity index (χ0n) is 15.1. The second-order valence-corrected chi connectivity index (χ2v) is 7.05. The highest BCUT2D eigenvalue weighted by Crippen LogP contribution is 2.17. The van der Waals surface area contributed by atoms with Crippen LogP contribution in [0.4, 0.5) is 5.69 Å². The van der Waals surface area contributed by atoms with Crippen molar-refractivity contribution in [3.8, 4) is 0 Å². The van der Waals surface area contributed by atoms with E-state index in [1.807, 2.05) is 6.26 Å². The molecule has 1 aromatic carbocycles. The maximum atomic E-state index is 12.1. The summed E-state index contributed by atoms with van der Waals surface area (Å²) in [6.45, 7) is 5.61. The Hall–Kier alpha value is -2.42. The van der Waals surface area contributed by atoms with Gasteiger partial charge in [-0.2, -0.15) is 0 Å². The Kier molecular flexibility index (Phi) is 7.14. The van der Waals surface area contributed by atoms with E-state index >= 15 is 0 Å². The van der Waals surface area contributed by atoms with Crippen molar-refractivity contribution >= 4 is 23.4 Å². The average Bonchev–Trinajstić information content (AvgIpc) is 2.99. The molecule has 0 atom stereocenters. The number of nitrogens with one attached hydrogen (secondary N) is 1. The number of nitro benzene ring substituents is 1. The lowest BCUT2D eigenvalue weighted by molar-refractivity contribution is -0.384. The molecule has 0 fully saturated rings. The third-order valence-electron chi connectivity index (χ3n) is 3.71. The second kappa shape index (κ2) is 9.33. The molecule has 1 N–H and O–H groups in total. The van der Waals surface area contributed by atoms with Crippen molar-refractivity contribution in [3.05, 3.63) is 45.8 Å². The Labute approximate surface area is 156 Å². The van der Waals surface area contributed by atoms with Gasteiger partial charge in [0.25, 0.3) is 11.6 Å². The summed E-state index contributed by atoms with van der Waals surface area (Å²) in [5.41, 5.74) is 0.191. The van der Waals surface area contributed by atoms with Crippen LogP contribution in [-0.2, 0) is 13.0 Å². The molecule has 1 aromatic heterocycles. The zero-order valence-corrected chi connectivity index (χ0v) is 16.0. The smallest absolute Gasteiger partial charge is 0.270 e. The number of nitro groups is 1. The number of aromatic nitrogens is 3. The van der Waals surface area contributed by atoms with Gasteiger partial charge in [-0.25, -0.2) is 0 Å². The van der Waals surface area contributed by atoms with Crippen molar-refractivity contribution in [2.45, 2.75) is 38.4 Å². The van der Waals surface area contributed by atoms with Crippen molar-refractivity contribution in [1.29, 1.82) is 0 Å². The predicted molar refractivity (Wildman–Crippen MR) is 100 cm³/mol. The van der Waals surface area contributed by atoms with Gasteiger partial charge in [-0.3, -0.25) is 14.9 Å². The normalized spacial score (nSPS) is 10.9. The van der Waals surface area contributed by atoms with Crippen molar-refractivity contribution in [1.82, 2.24) is 20.1 Å². The van der Waals surface area contributed by atoms with Gasteiger partial charge in [-0.1, -0.05) is 31.7 Å². The number of benzene rings is 1. The Morgan fingerprint density at radius 1 is 1.38 bits per heavy atom. The number of aryl methyl sites for hydroxylation is 1. The summed E-state index contributed by atoms with van der Waals surface area (Å²) >= 11 is 1.57. The van der Waals surface area contributed by atoms with Crippen molar-refractivity contribution in [3.63, 3.8) is 0 Å². The molecule has 1 heterocycles. The zero-order chi connectivity index (χ0) is 19.1. The first-order valence-electron chi connectivity index (χ1n) is 8.41. The van der Waals surface area contributed by atoms with Crippen molar-refractivity contribution < 1.29 is 9.72 Å². The number of amides is 1. The van der Waals surface area contributed by atoms with Gasteiger partial charge < -0.3 is 9.88 Å². The molecule has 9 heteroatoms. The average molecular weight is 377 g/mol. The van der Waals surface area contributed by atoms with Crippen LogP contribution in [0.1, 0.15) is 36.5 Å². The number of non-ortho nitro benzene ring substituents is 1. The molecular formula is C17H23N5O3S. The summed E-state index contributed by atoms with van der Waals surface area (Å²) in [7, 11) is 0. The molecule has 2 aromatic rings. The van der Waals surface area contributed by atoms with E-state index in [1.54, 1.807) is 17.8 Å². The minimum absolute atomic E-state index is 0.0935. The molecule has 0 aliphatic heterocycles. The quantitative estimate of drug-likeness (QED) is 0.312. The fourth-order valence-corrected chi connectivity index (χ4v) is 3.04. The standard InChI is InChI=1S/C17H23N5O3S/c1-12(2)11-21-15(19-20-17(21)26-3)8-5-9-18-16(23)13-6-4-7-14(10-13)22(24)25/h4,6-7,10,12H,5,8-9,11H2,1-3H3,(H,18,23). The first kappa shape index (κ1) is 19.9. The fraction of sp³-hybridized carbons (Fsp3) is 0.471. The number of rotatable bonds is 9. The third-order valence-corrected chi connectivity index (χ3v) is 4.37. The molecule has 26 heavy (non-hydrogen) atoms. The van der Waals surface area contributed by atoms with Gasteiger partial charge in [-0.05, 0) is 24.7 Å². The van der Waals surface area contributed by atoms with Crippen LogP contribution in [0, 0.1) is 16.0 Å². The lowest BCUT2D eigenvalue weighted by atomic mass is 10.2. The van der Waals surface area contributed by atoms with E-state index in [-0.39, 0.29) is 17.2 Å². The number of hydrogen-bond donors (Lipinski definition) is 1. The van der Waals surface area contributed by atoms with Crippen LogP contribution in [0.2, 0.25) is 0 Å². The summed E-state index contributed by atoms with van der Waals surface area (Å²) in [4.78, 5) is 22.4. The highest BCUT2D eigenvalue weighted by atomic mass is 32.2. The summed E-state index contributed by atoms with van der Waals surface area (Å²) in [6, 6.07) is 5.71. The predicted octanol–water partition coefficient (Wildman–Crippen LogP) is 2.93. The Balaban J connectivity index is 1.89. The first-order valence-corrected chi connectivity index (χ1v) is 9.63. The molecule has 0 aliphatic carbocycles. The van der Waals surface area contributed by atoms with E-state index in [4.69, 9.17) is 0 Å². The second-order valence-electron chi connectivity index (χ2n) is 6.27. The maximum Gasteiger partial charge on any atom is 0.270 e. The number of carbonyl (C=O) groups excluding carboxylic acids is 1. The first-order chi connectivity index (χ1) is 12.4. The highest BCUT2D eigenvalue weighted by Gasteiger charge is 2.13. The SMILES string of the molecule is CSc1nnc(CCCNC(=O)c2cccc([N+](=O)[O-])c2)n1CC(C)C. The molecule has 0 saturated carbocycles. The van der Waals surface area contributed by atoms with Crippen LogP contribution < -0.4 is 5.32 Å². The summed E-state index contributed by atoms with van der Waals surface area (Å²) < 4.78 is 2.12. The third kappa shape index (κ3) is 5.29. The van der Waals surface area contributed by atoms with Crippen LogP contribution in [0.3, 0.4) is 0 Å². The highest BCUT2D eigenvalue weighted by molar-refractivity contribution is 7.98. The molecule has 0 bridgehead atoms. The molecule has 2 rings (SSSR count). The van der Waals surface area contributed by atoms with Gasteiger partial charge in [0.2, 0.25) is 0 Å². The number of hydrogen-bond acceptors (Lipinski definition) is 6. The van der Waals surface area contributed by atoms with E-state index in [2.05, 4.69) is 33.9 Å². The van der Waals surface area contributed by atoms with E-state index in [0.29, 0.717) is 25.3 Å². The lowest BCUT2D eigenvalue weighted by Crippen LogP contribution is -2.25. The summed E-state index contributed by atoms with van der Waals surface area (Å²) in [5, 5.41) is 22.9. The lowest BCUT2D eigenvalue weighted by Gasteiger charge is -2.11. The van der Waals surface area contributed by atoms with E-state index < -0.39 is 4.92 Å².